The first-order chi connectivity index (χ1) is 6.16. The Morgan fingerprint density at radius 1 is 1.21 bits per heavy atom. The van der Waals surface area contributed by atoms with Crippen LogP contribution in [0.2, 0.25) is 0 Å². The average Bonchev–Trinajstić information content (AvgIpc) is 2.16. The van der Waals surface area contributed by atoms with Crippen LogP contribution in [0.15, 0.2) is 24.3 Å². The second-order valence-corrected chi connectivity index (χ2v) is 2.38. The fourth-order valence-electron chi connectivity index (χ4n) is 0.977. The van der Waals surface area contributed by atoms with Crippen LogP contribution in [-0.2, 0) is 0 Å². The number of amides is 1. The molecule has 14 heavy (non-hydrogen) atoms. The Labute approximate surface area is 124 Å². The molecule has 0 aromatic heterocycles. The van der Waals surface area contributed by atoms with Gasteiger partial charge in [-0.25, -0.2) is 4.79 Å². The molecule has 0 aliphatic carbocycles. The summed E-state index contributed by atoms with van der Waals surface area (Å²) in [6.07, 6.45) is 0. The van der Waals surface area contributed by atoms with E-state index in [4.69, 9.17) is 5.11 Å². The van der Waals surface area contributed by atoms with Crippen molar-refractivity contribution in [3.63, 3.8) is 0 Å². The zero-order valence-corrected chi connectivity index (χ0v) is 11.1. The Kier molecular flexibility index (Phi) is 6.22. The zero-order chi connectivity index (χ0) is 9.84. The molecule has 0 radical (unpaired) electrons. The van der Waals surface area contributed by atoms with E-state index in [9.17, 15) is 9.59 Å². The van der Waals surface area contributed by atoms with Gasteiger partial charge in [-0.3, -0.25) is 0 Å². The van der Waals surface area contributed by atoms with Gasteiger partial charge in [0.15, 0.2) is 0 Å². The van der Waals surface area contributed by atoms with Crippen LogP contribution in [-0.4, -0.2) is 24.0 Å². The molecule has 0 aliphatic rings. The quantitative estimate of drug-likeness (QED) is 0.615. The summed E-state index contributed by atoms with van der Waals surface area (Å²) in [7, 11) is 1.33. The molecule has 0 heterocycles. The minimum Gasteiger partial charge on any atom is -0.652 e. The van der Waals surface area contributed by atoms with Crippen molar-refractivity contribution < 1.29 is 66.1 Å². The minimum atomic E-state index is -1.12. The van der Waals surface area contributed by atoms with Crippen molar-refractivity contribution in [2.24, 2.45) is 0 Å². The van der Waals surface area contributed by atoms with E-state index in [0.29, 0.717) is 0 Å². The van der Waals surface area contributed by atoms with Gasteiger partial charge in [0.2, 0.25) is 0 Å². The molecule has 0 fully saturated rings. The van der Waals surface area contributed by atoms with E-state index in [1.54, 1.807) is 12.1 Å². The molecule has 0 aliphatic heterocycles. The van der Waals surface area contributed by atoms with Crippen LogP contribution in [0.3, 0.4) is 0 Å². The third kappa shape index (κ3) is 3.18. The van der Waals surface area contributed by atoms with Gasteiger partial charge in [0.05, 0.1) is 11.5 Å². The number of nitrogens with zero attached hydrogens (tertiary/aromatic N) is 1. The molecule has 0 unspecified atom stereocenters. The molecular formula is C9H8KNO3. The third-order valence-corrected chi connectivity index (χ3v) is 1.59. The van der Waals surface area contributed by atoms with Gasteiger partial charge in [0.25, 0.3) is 0 Å². The average molecular weight is 217 g/mol. The van der Waals surface area contributed by atoms with Gasteiger partial charge in [-0.2, -0.15) is 0 Å². The van der Waals surface area contributed by atoms with Crippen LogP contribution in [0.1, 0.15) is 20.7 Å². The fraction of sp³-hybridized carbons (Fsp3) is 0.111. The Bertz CT molecular complexity index is 352. The number of rotatable bonds is 2. The minimum absolute atomic E-state index is 0. The monoisotopic (exact) mass is 217 g/mol. The standard InChI is InChI=1S/C9H9NO3.K/c1-10-8(11)6-4-2-3-5-7(6)9(12)13;/h2-5H,1H3,(H2,10,11,12,13);/q;+1/p-1. The molecule has 1 aromatic carbocycles. The largest absolute Gasteiger partial charge is 1.00 e. The number of carbonyl (C=O) groups excluding carboxylic acids is 1. The van der Waals surface area contributed by atoms with Crippen molar-refractivity contribution in [2.45, 2.75) is 0 Å². The van der Waals surface area contributed by atoms with Crippen LogP contribution in [0.4, 0.5) is 0 Å². The van der Waals surface area contributed by atoms with E-state index in [1.165, 1.54) is 19.2 Å². The molecule has 1 aromatic rings. The Morgan fingerprint density at radius 2 is 1.71 bits per heavy atom. The Morgan fingerprint density at radius 3 is 2.14 bits per heavy atom. The summed E-state index contributed by atoms with van der Waals surface area (Å²) in [5, 5.41) is 12.1. The summed E-state index contributed by atoms with van der Waals surface area (Å²) in [6, 6.07) is 5.99. The number of benzene rings is 1. The van der Waals surface area contributed by atoms with Crippen LogP contribution < -0.4 is 51.4 Å². The third-order valence-electron chi connectivity index (χ3n) is 1.59. The van der Waals surface area contributed by atoms with Crippen LogP contribution in [0.25, 0.3) is 5.32 Å². The Hall–Kier alpha value is -0.204. The first-order valence-electron chi connectivity index (χ1n) is 3.63. The normalized spacial score (nSPS) is 8.64. The molecular weight excluding hydrogens is 209 g/mol. The summed E-state index contributed by atoms with van der Waals surface area (Å²) >= 11 is 0. The van der Waals surface area contributed by atoms with E-state index in [2.05, 4.69) is 5.32 Å². The van der Waals surface area contributed by atoms with Crippen molar-refractivity contribution >= 4 is 11.9 Å². The summed E-state index contributed by atoms with van der Waals surface area (Å²) in [6.45, 7) is 0. The summed E-state index contributed by atoms with van der Waals surface area (Å²) in [5.41, 5.74) is 0.107. The van der Waals surface area contributed by atoms with Crippen LogP contribution >= 0.6 is 0 Å². The van der Waals surface area contributed by atoms with E-state index in [1.807, 2.05) is 0 Å². The van der Waals surface area contributed by atoms with Gasteiger partial charge in [-0.1, -0.05) is 18.2 Å². The predicted molar refractivity (Wildman–Crippen MR) is 47.0 cm³/mol. The van der Waals surface area contributed by atoms with E-state index in [0.717, 1.165) is 0 Å². The van der Waals surface area contributed by atoms with Crippen molar-refractivity contribution in [2.75, 3.05) is 7.05 Å². The number of carbonyl (C=O) groups is 2. The van der Waals surface area contributed by atoms with Gasteiger partial charge >= 0.3 is 57.4 Å². The maximum absolute atomic E-state index is 11.1. The summed E-state index contributed by atoms with van der Waals surface area (Å²) in [5.74, 6) is -1.63. The first-order valence-corrected chi connectivity index (χ1v) is 3.63. The number of hydrogen-bond donors (Lipinski definition) is 1. The second-order valence-electron chi connectivity index (χ2n) is 2.38. The molecule has 5 heteroatoms. The molecule has 0 bridgehead atoms. The topological polar surface area (TPSA) is 68.5 Å². The molecule has 1 rings (SSSR count). The SMILES string of the molecule is C[N-]C(=O)c1ccccc1C(=O)O.[K+]. The van der Waals surface area contributed by atoms with Crippen molar-refractivity contribution in [1.29, 1.82) is 0 Å². The summed E-state index contributed by atoms with van der Waals surface area (Å²) in [4.78, 5) is 21.8. The van der Waals surface area contributed by atoms with Crippen LogP contribution in [0, 0.1) is 0 Å². The van der Waals surface area contributed by atoms with Crippen molar-refractivity contribution in [1.82, 2.24) is 0 Å². The van der Waals surface area contributed by atoms with Gasteiger partial charge in [-0.05, 0) is 6.07 Å². The fourth-order valence-corrected chi connectivity index (χ4v) is 0.977. The number of hydrogen-bond acceptors (Lipinski definition) is 2. The van der Waals surface area contributed by atoms with Crippen molar-refractivity contribution in [3.8, 4) is 0 Å². The number of carboxylic acid groups (broad SMARTS) is 1. The predicted octanol–water partition coefficient (Wildman–Crippen LogP) is -1.47. The molecule has 0 saturated heterocycles. The molecule has 0 saturated carbocycles. The molecule has 68 valence electrons. The Balaban J connectivity index is 0.00000169. The van der Waals surface area contributed by atoms with Gasteiger partial charge < -0.3 is 15.2 Å². The number of aromatic carboxylic acids is 1. The van der Waals surface area contributed by atoms with Gasteiger partial charge in [0.1, 0.15) is 0 Å². The molecule has 1 N–H and O–H groups in total. The molecule has 0 spiro atoms. The molecule has 1 amide bonds. The van der Waals surface area contributed by atoms with E-state index in [-0.39, 0.29) is 62.5 Å². The van der Waals surface area contributed by atoms with Gasteiger partial charge in [-0.15, -0.1) is 7.05 Å². The van der Waals surface area contributed by atoms with Gasteiger partial charge in [0, 0.05) is 5.56 Å². The summed E-state index contributed by atoms with van der Waals surface area (Å²) < 4.78 is 0. The van der Waals surface area contributed by atoms with Crippen LogP contribution in [0.5, 0.6) is 0 Å². The second kappa shape index (κ2) is 6.31. The maximum Gasteiger partial charge on any atom is 1.00 e. The number of carboxylic acids is 1. The smallest absolute Gasteiger partial charge is 0.652 e. The maximum atomic E-state index is 11.1. The molecule has 4 nitrogen and oxygen atoms in total. The van der Waals surface area contributed by atoms with Crippen molar-refractivity contribution in [3.05, 3.63) is 40.7 Å². The van der Waals surface area contributed by atoms with E-state index < -0.39 is 11.9 Å². The van der Waals surface area contributed by atoms with E-state index >= 15 is 0 Å². The molecule has 0 atom stereocenters. The first kappa shape index (κ1) is 13.8. The zero-order valence-electron chi connectivity index (χ0n) is 8.02.